The Bertz CT molecular complexity index is 815. The molecule has 0 aliphatic carbocycles. The predicted octanol–water partition coefficient (Wildman–Crippen LogP) is 3.50. The van der Waals surface area contributed by atoms with E-state index in [2.05, 4.69) is 11.6 Å². The maximum atomic E-state index is 12.1. The first kappa shape index (κ1) is 11.8. The summed E-state index contributed by atoms with van der Waals surface area (Å²) in [6, 6.07) is 14.9. The van der Waals surface area contributed by atoms with Crippen molar-refractivity contribution in [2.24, 2.45) is 0 Å². The summed E-state index contributed by atoms with van der Waals surface area (Å²) in [5, 5.41) is 0.584. The average molecular weight is 271 g/mol. The molecular weight excluding hydrogens is 260 g/mol. The SMILES string of the molecule is C=C(c1ccccc1)n1c(=O)[nH]c2ccc(Cl)cc21. The molecule has 0 atom stereocenters. The molecule has 1 aromatic heterocycles. The first-order valence-electron chi connectivity index (χ1n) is 5.82. The van der Waals surface area contributed by atoms with E-state index < -0.39 is 0 Å². The van der Waals surface area contributed by atoms with Gasteiger partial charge in [-0.15, -0.1) is 0 Å². The fourth-order valence-corrected chi connectivity index (χ4v) is 2.27. The van der Waals surface area contributed by atoms with E-state index in [4.69, 9.17) is 11.6 Å². The van der Waals surface area contributed by atoms with Crippen LogP contribution >= 0.6 is 11.6 Å². The van der Waals surface area contributed by atoms with Crippen LogP contribution < -0.4 is 5.69 Å². The molecule has 2 aromatic carbocycles. The highest BCUT2D eigenvalue weighted by Crippen LogP contribution is 2.21. The molecule has 1 N–H and O–H groups in total. The van der Waals surface area contributed by atoms with Crippen molar-refractivity contribution in [3.05, 3.63) is 76.2 Å². The van der Waals surface area contributed by atoms with Gasteiger partial charge in [0.2, 0.25) is 0 Å². The van der Waals surface area contributed by atoms with Crippen molar-refractivity contribution in [2.45, 2.75) is 0 Å². The van der Waals surface area contributed by atoms with Crippen molar-refractivity contribution in [3.8, 4) is 0 Å². The fourth-order valence-electron chi connectivity index (χ4n) is 2.10. The summed E-state index contributed by atoms with van der Waals surface area (Å²) in [5.41, 5.74) is 2.77. The Labute approximate surface area is 114 Å². The summed E-state index contributed by atoms with van der Waals surface area (Å²) < 4.78 is 1.54. The van der Waals surface area contributed by atoms with Crippen molar-refractivity contribution in [1.82, 2.24) is 9.55 Å². The number of fused-ring (bicyclic) bond motifs is 1. The molecule has 0 saturated carbocycles. The van der Waals surface area contributed by atoms with E-state index in [1.165, 1.54) is 4.57 Å². The van der Waals surface area contributed by atoms with Gasteiger partial charge in [0.1, 0.15) is 0 Å². The second kappa shape index (κ2) is 4.44. The van der Waals surface area contributed by atoms with Crippen LogP contribution in [0, 0.1) is 0 Å². The number of aromatic amines is 1. The third-order valence-electron chi connectivity index (χ3n) is 3.02. The van der Waals surface area contributed by atoms with E-state index in [0.29, 0.717) is 10.7 Å². The van der Waals surface area contributed by atoms with Crippen molar-refractivity contribution in [2.75, 3.05) is 0 Å². The summed E-state index contributed by atoms with van der Waals surface area (Å²) in [7, 11) is 0. The second-order valence-corrected chi connectivity index (χ2v) is 4.68. The third-order valence-corrected chi connectivity index (χ3v) is 3.26. The van der Waals surface area contributed by atoms with E-state index in [-0.39, 0.29) is 5.69 Å². The summed E-state index contributed by atoms with van der Waals surface area (Å²) >= 11 is 5.99. The molecule has 0 spiro atoms. The first-order valence-corrected chi connectivity index (χ1v) is 6.19. The van der Waals surface area contributed by atoms with Crippen LogP contribution in [0.25, 0.3) is 16.7 Å². The Hall–Kier alpha value is -2.26. The van der Waals surface area contributed by atoms with Crippen molar-refractivity contribution < 1.29 is 0 Å². The lowest BCUT2D eigenvalue weighted by molar-refractivity contribution is 1.04. The molecule has 0 amide bonds. The first-order chi connectivity index (χ1) is 9.16. The smallest absolute Gasteiger partial charge is 0.305 e. The van der Waals surface area contributed by atoms with Gasteiger partial charge in [0.05, 0.1) is 16.7 Å². The maximum absolute atomic E-state index is 12.1. The summed E-state index contributed by atoms with van der Waals surface area (Å²) in [5.74, 6) is 0. The molecule has 0 bridgehead atoms. The molecule has 0 saturated heterocycles. The number of halogens is 1. The minimum absolute atomic E-state index is 0.217. The standard InChI is InChI=1S/C15H11ClN2O/c1-10(11-5-3-2-4-6-11)18-14-9-12(16)7-8-13(14)17-15(18)19/h2-9H,1H2,(H,17,19). The van der Waals surface area contributed by atoms with Gasteiger partial charge in [-0.25, -0.2) is 4.79 Å². The largest absolute Gasteiger partial charge is 0.331 e. The van der Waals surface area contributed by atoms with Gasteiger partial charge in [0, 0.05) is 5.02 Å². The van der Waals surface area contributed by atoms with Crippen molar-refractivity contribution in [3.63, 3.8) is 0 Å². The molecule has 3 nitrogen and oxygen atoms in total. The molecule has 3 rings (SSSR count). The predicted molar refractivity (Wildman–Crippen MR) is 78.4 cm³/mol. The van der Waals surface area contributed by atoms with Crippen LogP contribution in [0.3, 0.4) is 0 Å². The summed E-state index contributed by atoms with van der Waals surface area (Å²) in [6.45, 7) is 4.01. The third kappa shape index (κ3) is 1.98. The number of imidazole rings is 1. The Balaban J connectivity index is 2.25. The quantitative estimate of drug-likeness (QED) is 0.760. The maximum Gasteiger partial charge on any atom is 0.331 e. The number of rotatable bonds is 2. The van der Waals surface area contributed by atoms with Gasteiger partial charge in [-0.05, 0) is 23.8 Å². The van der Waals surface area contributed by atoms with Crippen LogP contribution in [-0.4, -0.2) is 9.55 Å². The molecule has 0 unspecified atom stereocenters. The number of nitrogens with one attached hydrogen (secondary N) is 1. The van der Waals surface area contributed by atoms with E-state index in [0.717, 1.165) is 16.6 Å². The molecule has 3 aromatic rings. The van der Waals surface area contributed by atoms with Gasteiger partial charge in [0.15, 0.2) is 0 Å². The number of aromatic nitrogens is 2. The average Bonchev–Trinajstić information content (AvgIpc) is 2.74. The van der Waals surface area contributed by atoms with Gasteiger partial charge >= 0.3 is 5.69 Å². The number of hydrogen-bond acceptors (Lipinski definition) is 1. The van der Waals surface area contributed by atoms with E-state index >= 15 is 0 Å². The lowest BCUT2D eigenvalue weighted by Gasteiger charge is -2.07. The van der Waals surface area contributed by atoms with Crippen LogP contribution in [-0.2, 0) is 0 Å². The van der Waals surface area contributed by atoms with Crippen LogP contribution in [0.2, 0.25) is 5.02 Å². The fraction of sp³-hybridized carbons (Fsp3) is 0. The molecule has 0 fully saturated rings. The molecule has 94 valence electrons. The van der Waals surface area contributed by atoms with Gasteiger partial charge in [-0.1, -0.05) is 48.5 Å². The zero-order chi connectivity index (χ0) is 13.4. The minimum Gasteiger partial charge on any atom is -0.305 e. The topological polar surface area (TPSA) is 37.8 Å². The van der Waals surface area contributed by atoms with Crippen LogP contribution in [0.4, 0.5) is 0 Å². The number of hydrogen-bond donors (Lipinski definition) is 1. The Morgan fingerprint density at radius 1 is 1.16 bits per heavy atom. The van der Waals surface area contributed by atoms with E-state index in [1.54, 1.807) is 18.2 Å². The molecule has 0 aliphatic heterocycles. The second-order valence-electron chi connectivity index (χ2n) is 4.24. The Morgan fingerprint density at radius 2 is 1.89 bits per heavy atom. The highest BCUT2D eigenvalue weighted by molar-refractivity contribution is 6.31. The zero-order valence-corrected chi connectivity index (χ0v) is 10.8. The molecule has 0 aliphatic rings. The molecular formula is C15H11ClN2O. The Morgan fingerprint density at radius 3 is 2.63 bits per heavy atom. The van der Waals surface area contributed by atoms with E-state index in [1.807, 2.05) is 30.3 Å². The molecule has 4 heteroatoms. The minimum atomic E-state index is -0.217. The van der Waals surface area contributed by atoms with Crippen LogP contribution in [0.15, 0.2) is 59.9 Å². The summed E-state index contributed by atoms with van der Waals surface area (Å²) in [4.78, 5) is 14.9. The zero-order valence-electron chi connectivity index (χ0n) is 10.1. The van der Waals surface area contributed by atoms with Gasteiger partial charge in [0.25, 0.3) is 0 Å². The molecule has 0 radical (unpaired) electrons. The van der Waals surface area contributed by atoms with Gasteiger partial charge < -0.3 is 4.98 Å². The van der Waals surface area contributed by atoms with E-state index in [9.17, 15) is 4.79 Å². The number of nitrogens with zero attached hydrogens (tertiary/aromatic N) is 1. The van der Waals surface area contributed by atoms with Gasteiger partial charge in [-0.3, -0.25) is 4.57 Å². The highest BCUT2D eigenvalue weighted by atomic mass is 35.5. The highest BCUT2D eigenvalue weighted by Gasteiger charge is 2.11. The lowest BCUT2D eigenvalue weighted by atomic mass is 10.1. The lowest BCUT2D eigenvalue weighted by Crippen LogP contribution is -2.15. The van der Waals surface area contributed by atoms with Crippen LogP contribution in [0.5, 0.6) is 0 Å². The van der Waals surface area contributed by atoms with Crippen LogP contribution in [0.1, 0.15) is 5.56 Å². The summed E-state index contributed by atoms with van der Waals surface area (Å²) in [6.07, 6.45) is 0. The normalized spacial score (nSPS) is 10.8. The monoisotopic (exact) mass is 270 g/mol. The van der Waals surface area contributed by atoms with Gasteiger partial charge in [-0.2, -0.15) is 0 Å². The van der Waals surface area contributed by atoms with Crippen molar-refractivity contribution >= 4 is 28.3 Å². The molecule has 1 heterocycles. The number of H-pyrrole nitrogens is 1. The Kier molecular flexibility index (Phi) is 2.76. The number of benzene rings is 2. The molecule has 19 heavy (non-hydrogen) atoms. The van der Waals surface area contributed by atoms with Crippen molar-refractivity contribution in [1.29, 1.82) is 0 Å².